The van der Waals surface area contributed by atoms with Crippen molar-refractivity contribution in [2.75, 3.05) is 17.2 Å². The van der Waals surface area contributed by atoms with Crippen LogP contribution in [-0.4, -0.2) is 22.4 Å². The molecule has 0 radical (unpaired) electrons. The fourth-order valence-corrected chi connectivity index (χ4v) is 3.36. The minimum Gasteiger partial charge on any atom is -0.376 e. The number of rotatable bonds is 7. The Morgan fingerprint density at radius 2 is 1.32 bits per heavy atom. The van der Waals surface area contributed by atoms with Crippen LogP contribution in [-0.2, 0) is 11.2 Å². The van der Waals surface area contributed by atoms with Gasteiger partial charge in [-0.2, -0.15) is 0 Å². The first-order chi connectivity index (χ1) is 15.2. The van der Waals surface area contributed by atoms with E-state index in [4.69, 9.17) is 0 Å². The van der Waals surface area contributed by atoms with Crippen LogP contribution in [0.25, 0.3) is 22.5 Å². The summed E-state index contributed by atoms with van der Waals surface area (Å²) in [5.74, 6) is 0.0888. The van der Waals surface area contributed by atoms with Gasteiger partial charge in [-0.25, -0.2) is 9.97 Å². The van der Waals surface area contributed by atoms with Crippen LogP contribution in [0.2, 0.25) is 0 Å². The van der Waals surface area contributed by atoms with E-state index in [1.165, 1.54) is 5.56 Å². The zero-order chi connectivity index (χ0) is 21.5. The zero-order valence-electron chi connectivity index (χ0n) is 17.4. The molecule has 0 bridgehead atoms. The Morgan fingerprint density at radius 3 is 1.90 bits per heavy atom. The predicted molar refractivity (Wildman–Crippen MR) is 126 cm³/mol. The SMILES string of the molecule is CCc1ccccc1NCC(=O)Nc1nc(-c2ccccc2)cc(-c2ccccc2)n1. The molecule has 5 heteroatoms. The molecule has 1 amide bonds. The van der Waals surface area contributed by atoms with Gasteiger partial charge >= 0.3 is 0 Å². The molecule has 2 N–H and O–H groups in total. The van der Waals surface area contributed by atoms with E-state index in [0.29, 0.717) is 0 Å². The van der Waals surface area contributed by atoms with Gasteiger partial charge in [0.2, 0.25) is 11.9 Å². The molecule has 0 unspecified atom stereocenters. The number of nitrogens with zero attached hydrogens (tertiary/aromatic N) is 2. The number of anilines is 2. The lowest BCUT2D eigenvalue weighted by atomic mass is 10.1. The molecule has 154 valence electrons. The van der Waals surface area contributed by atoms with Crippen LogP contribution in [0.4, 0.5) is 11.6 Å². The number of nitrogens with one attached hydrogen (secondary N) is 2. The Hall–Kier alpha value is -3.99. The number of hydrogen-bond acceptors (Lipinski definition) is 4. The van der Waals surface area contributed by atoms with Gasteiger partial charge in [0, 0.05) is 16.8 Å². The largest absolute Gasteiger partial charge is 0.376 e. The van der Waals surface area contributed by atoms with Crippen molar-refractivity contribution in [1.82, 2.24) is 9.97 Å². The van der Waals surface area contributed by atoms with E-state index in [1.54, 1.807) is 0 Å². The summed E-state index contributed by atoms with van der Waals surface area (Å²) in [6.45, 7) is 2.23. The molecule has 4 rings (SSSR count). The summed E-state index contributed by atoms with van der Waals surface area (Å²) in [6, 6.07) is 29.7. The summed E-state index contributed by atoms with van der Waals surface area (Å²) < 4.78 is 0. The summed E-state index contributed by atoms with van der Waals surface area (Å²) in [5.41, 5.74) is 5.58. The second-order valence-electron chi connectivity index (χ2n) is 7.11. The molecule has 0 aliphatic rings. The summed E-state index contributed by atoms with van der Waals surface area (Å²) in [5, 5.41) is 6.06. The number of carbonyl (C=O) groups excluding carboxylic acids is 1. The molecule has 1 aromatic heterocycles. The predicted octanol–water partition coefficient (Wildman–Crippen LogP) is 5.42. The fraction of sp³-hybridized carbons (Fsp3) is 0.115. The molecule has 4 aromatic rings. The third-order valence-corrected chi connectivity index (χ3v) is 4.95. The summed E-state index contributed by atoms with van der Waals surface area (Å²) in [6.07, 6.45) is 0.896. The van der Waals surface area contributed by atoms with Gasteiger partial charge in [-0.05, 0) is 24.1 Å². The second kappa shape index (κ2) is 9.67. The maximum Gasteiger partial charge on any atom is 0.246 e. The molecule has 0 saturated heterocycles. The molecule has 0 saturated carbocycles. The van der Waals surface area contributed by atoms with E-state index in [2.05, 4.69) is 33.6 Å². The second-order valence-corrected chi connectivity index (χ2v) is 7.11. The van der Waals surface area contributed by atoms with Crippen molar-refractivity contribution in [2.45, 2.75) is 13.3 Å². The van der Waals surface area contributed by atoms with E-state index in [1.807, 2.05) is 84.9 Å². The average Bonchev–Trinajstić information content (AvgIpc) is 2.84. The first kappa shape index (κ1) is 20.3. The van der Waals surface area contributed by atoms with E-state index in [0.717, 1.165) is 34.6 Å². The topological polar surface area (TPSA) is 66.9 Å². The number of aryl methyl sites for hydroxylation is 1. The Kier molecular flexibility index (Phi) is 6.33. The Bertz CT molecular complexity index is 1100. The Morgan fingerprint density at radius 1 is 0.774 bits per heavy atom. The van der Waals surface area contributed by atoms with Crippen molar-refractivity contribution in [2.24, 2.45) is 0 Å². The molecule has 0 fully saturated rings. The molecular formula is C26H24N4O. The number of para-hydroxylation sites is 1. The van der Waals surface area contributed by atoms with Crippen LogP contribution in [0.5, 0.6) is 0 Å². The molecule has 1 heterocycles. The molecule has 5 nitrogen and oxygen atoms in total. The summed E-state index contributed by atoms with van der Waals surface area (Å²) in [4.78, 5) is 21.8. The van der Waals surface area contributed by atoms with E-state index < -0.39 is 0 Å². The maximum absolute atomic E-state index is 12.6. The highest BCUT2D eigenvalue weighted by Gasteiger charge is 2.11. The van der Waals surface area contributed by atoms with Crippen molar-refractivity contribution in [3.05, 3.63) is 96.6 Å². The third kappa shape index (κ3) is 5.14. The van der Waals surface area contributed by atoms with Gasteiger partial charge in [0.15, 0.2) is 0 Å². The van der Waals surface area contributed by atoms with Gasteiger partial charge in [0.25, 0.3) is 0 Å². The lowest BCUT2D eigenvalue weighted by Gasteiger charge is -2.12. The number of hydrogen-bond donors (Lipinski definition) is 2. The van der Waals surface area contributed by atoms with Crippen molar-refractivity contribution < 1.29 is 4.79 Å². The maximum atomic E-state index is 12.6. The van der Waals surface area contributed by atoms with Crippen LogP contribution in [0.1, 0.15) is 12.5 Å². The Labute approximate surface area is 182 Å². The summed E-state index contributed by atoms with van der Waals surface area (Å²) in [7, 11) is 0. The number of amides is 1. The fourth-order valence-electron chi connectivity index (χ4n) is 3.36. The van der Waals surface area contributed by atoms with Crippen LogP contribution in [0.15, 0.2) is 91.0 Å². The molecule has 0 spiro atoms. The smallest absolute Gasteiger partial charge is 0.246 e. The quantitative estimate of drug-likeness (QED) is 0.428. The van der Waals surface area contributed by atoms with E-state index in [-0.39, 0.29) is 18.4 Å². The molecule has 0 aliphatic carbocycles. The van der Waals surface area contributed by atoms with Crippen LogP contribution < -0.4 is 10.6 Å². The van der Waals surface area contributed by atoms with Crippen molar-refractivity contribution in [3.63, 3.8) is 0 Å². The minimum atomic E-state index is -0.199. The van der Waals surface area contributed by atoms with Gasteiger partial charge in [0.1, 0.15) is 0 Å². The average molecular weight is 409 g/mol. The molecular weight excluding hydrogens is 384 g/mol. The highest BCUT2D eigenvalue weighted by molar-refractivity contribution is 5.92. The molecule has 3 aromatic carbocycles. The zero-order valence-corrected chi connectivity index (χ0v) is 17.4. The standard InChI is InChI=1S/C26H24N4O/c1-2-19-11-9-10-16-22(19)27-18-25(31)30-26-28-23(20-12-5-3-6-13-20)17-24(29-26)21-14-7-4-8-15-21/h3-17,27H,2,18H2,1H3,(H,28,29,30,31). The van der Waals surface area contributed by atoms with Crippen molar-refractivity contribution in [3.8, 4) is 22.5 Å². The monoisotopic (exact) mass is 408 g/mol. The molecule has 0 aliphatic heterocycles. The van der Waals surface area contributed by atoms with Crippen LogP contribution in [0, 0.1) is 0 Å². The van der Waals surface area contributed by atoms with Gasteiger partial charge in [0.05, 0.1) is 17.9 Å². The molecule has 0 atom stereocenters. The number of aromatic nitrogens is 2. The van der Waals surface area contributed by atoms with Gasteiger partial charge in [-0.15, -0.1) is 0 Å². The van der Waals surface area contributed by atoms with Crippen LogP contribution in [0.3, 0.4) is 0 Å². The lowest BCUT2D eigenvalue weighted by molar-refractivity contribution is -0.114. The number of benzene rings is 3. The minimum absolute atomic E-state index is 0.136. The number of carbonyl (C=O) groups is 1. The van der Waals surface area contributed by atoms with E-state index in [9.17, 15) is 4.79 Å². The first-order valence-electron chi connectivity index (χ1n) is 10.3. The van der Waals surface area contributed by atoms with Crippen LogP contribution >= 0.6 is 0 Å². The van der Waals surface area contributed by atoms with Crippen molar-refractivity contribution in [1.29, 1.82) is 0 Å². The third-order valence-electron chi connectivity index (χ3n) is 4.95. The summed E-state index contributed by atoms with van der Waals surface area (Å²) >= 11 is 0. The first-order valence-corrected chi connectivity index (χ1v) is 10.3. The lowest BCUT2D eigenvalue weighted by Crippen LogP contribution is -2.23. The molecule has 31 heavy (non-hydrogen) atoms. The van der Waals surface area contributed by atoms with Gasteiger partial charge in [-0.1, -0.05) is 85.8 Å². The van der Waals surface area contributed by atoms with Gasteiger partial charge < -0.3 is 5.32 Å². The highest BCUT2D eigenvalue weighted by Crippen LogP contribution is 2.25. The van der Waals surface area contributed by atoms with Gasteiger partial charge in [-0.3, -0.25) is 10.1 Å². The van der Waals surface area contributed by atoms with Crippen molar-refractivity contribution >= 4 is 17.5 Å². The normalized spacial score (nSPS) is 10.5. The highest BCUT2D eigenvalue weighted by atomic mass is 16.2. The van der Waals surface area contributed by atoms with E-state index >= 15 is 0 Å². The Balaban J connectivity index is 1.57.